The van der Waals surface area contributed by atoms with Crippen LogP contribution in [0.5, 0.6) is 0 Å². The Morgan fingerprint density at radius 2 is 1.17 bits per heavy atom. The zero-order valence-corrected chi connectivity index (χ0v) is 9.68. The van der Waals surface area contributed by atoms with Gasteiger partial charge in [0.1, 0.15) is 0 Å². The second-order valence-electron chi connectivity index (χ2n) is 1.11. The normalized spacial score (nSPS) is 7.67. The van der Waals surface area contributed by atoms with Crippen molar-refractivity contribution in [3.63, 3.8) is 0 Å². The van der Waals surface area contributed by atoms with Gasteiger partial charge in [-0.15, -0.1) is 0 Å². The van der Waals surface area contributed by atoms with Gasteiger partial charge in [0.15, 0.2) is 0 Å². The van der Waals surface area contributed by atoms with Crippen LogP contribution in [-0.4, -0.2) is 7.80 Å². The molecular formula is C4H6W2. The van der Waals surface area contributed by atoms with Crippen LogP contribution >= 0.6 is 0 Å². The molecule has 0 aliphatic carbocycles. The van der Waals surface area contributed by atoms with Gasteiger partial charge in [0, 0.05) is 0 Å². The van der Waals surface area contributed by atoms with Gasteiger partial charge in [-0.2, -0.15) is 0 Å². The Labute approximate surface area is 60.1 Å². The van der Waals surface area contributed by atoms with Crippen molar-refractivity contribution in [2.75, 3.05) is 0 Å². The van der Waals surface area contributed by atoms with Crippen molar-refractivity contribution in [3.05, 3.63) is 0 Å². The molecule has 0 unspecified atom stereocenters. The second-order valence-corrected chi connectivity index (χ2v) is 5.51. The van der Waals surface area contributed by atoms with Gasteiger partial charge in [-0.3, -0.25) is 0 Å². The van der Waals surface area contributed by atoms with E-state index in [4.69, 9.17) is 0 Å². The van der Waals surface area contributed by atoms with Gasteiger partial charge in [0.05, 0.1) is 0 Å². The molecule has 0 aliphatic rings. The molecule has 0 N–H and O–H groups in total. The topological polar surface area (TPSA) is 0 Å². The quantitative estimate of drug-likeness (QED) is 0.577. The molecule has 0 aromatic rings. The number of hydrogen-bond acceptors (Lipinski definition) is 0. The molecule has 0 aromatic heterocycles. The summed E-state index contributed by atoms with van der Waals surface area (Å²) >= 11 is 3.22. The van der Waals surface area contributed by atoms with Gasteiger partial charge >= 0.3 is 60.4 Å². The monoisotopic (exact) mass is 422 g/mol. The fourth-order valence-electron chi connectivity index (χ4n) is 0. The molecule has 0 amide bonds. The van der Waals surface area contributed by atoms with Crippen LogP contribution < -0.4 is 0 Å². The fraction of sp³-hybridized carbons (Fsp3) is 0.500. The SMILES string of the molecule is C[C](=[W])[C](C)=[W]. The van der Waals surface area contributed by atoms with Gasteiger partial charge in [-0.1, -0.05) is 0 Å². The second kappa shape index (κ2) is 3.16. The van der Waals surface area contributed by atoms with E-state index in [0.29, 0.717) is 0 Å². The molecule has 0 rings (SSSR count). The first-order chi connectivity index (χ1) is 2.64. The molecule has 0 spiro atoms. The van der Waals surface area contributed by atoms with E-state index in [-0.39, 0.29) is 0 Å². The average Bonchev–Trinajstić information content (AvgIpc) is 1.36. The summed E-state index contributed by atoms with van der Waals surface area (Å²) in [7, 11) is 0. The summed E-state index contributed by atoms with van der Waals surface area (Å²) in [5.74, 6) is 0. The Balaban J connectivity index is 3.57. The molecule has 0 radical (unpaired) electrons. The van der Waals surface area contributed by atoms with Gasteiger partial charge < -0.3 is 0 Å². The van der Waals surface area contributed by atoms with Crippen molar-refractivity contribution in [3.8, 4) is 0 Å². The van der Waals surface area contributed by atoms with Gasteiger partial charge in [-0.25, -0.2) is 0 Å². The van der Waals surface area contributed by atoms with Gasteiger partial charge in [0.2, 0.25) is 0 Å². The molecule has 2 heteroatoms. The van der Waals surface area contributed by atoms with Crippen LogP contribution in [-0.2, 0) is 38.7 Å². The summed E-state index contributed by atoms with van der Waals surface area (Å²) in [5.41, 5.74) is 0. The van der Waals surface area contributed by atoms with Crippen LogP contribution in [0.4, 0.5) is 0 Å². The number of rotatable bonds is 1. The number of hydrogen-bond donors (Lipinski definition) is 0. The van der Waals surface area contributed by atoms with Crippen LogP contribution in [0.2, 0.25) is 0 Å². The predicted octanol–water partition coefficient (Wildman–Crippen LogP) is 0.465. The van der Waals surface area contributed by atoms with Crippen LogP contribution in [0.3, 0.4) is 0 Å². The fourth-order valence-corrected chi connectivity index (χ4v) is 0. The average molecular weight is 422 g/mol. The molecule has 0 fully saturated rings. The van der Waals surface area contributed by atoms with E-state index in [2.05, 4.69) is 13.8 Å². The van der Waals surface area contributed by atoms with Crippen LogP contribution in [0, 0.1) is 0 Å². The Morgan fingerprint density at radius 3 is 1.17 bits per heavy atom. The summed E-state index contributed by atoms with van der Waals surface area (Å²) in [6, 6.07) is 0. The van der Waals surface area contributed by atoms with Crippen LogP contribution in [0.1, 0.15) is 13.8 Å². The third-order valence-corrected chi connectivity index (χ3v) is 4.71. The summed E-state index contributed by atoms with van der Waals surface area (Å²) in [6.45, 7) is 4.36. The molecule has 0 aromatic carbocycles. The Kier molecular flexibility index (Phi) is 3.75. The van der Waals surface area contributed by atoms with Crippen LogP contribution in [0.25, 0.3) is 0 Å². The first kappa shape index (κ1) is 7.12. The van der Waals surface area contributed by atoms with E-state index >= 15 is 0 Å². The van der Waals surface area contributed by atoms with Crippen molar-refractivity contribution < 1.29 is 38.7 Å². The van der Waals surface area contributed by atoms with E-state index in [1.165, 1.54) is 0 Å². The molecule has 0 bridgehead atoms. The third kappa shape index (κ3) is 3.31. The standard InChI is InChI=1S/C4H6.2W/c1-3-4-2;;/h1-2H3;;. The zero-order chi connectivity index (χ0) is 5.15. The first-order valence-corrected chi connectivity index (χ1v) is 4.59. The van der Waals surface area contributed by atoms with Crippen molar-refractivity contribution >= 4 is 7.80 Å². The van der Waals surface area contributed by atoms with Gasteiger partial charge in [-0.05, 0) is 0 Å². The van der Waals surface area contributed by atoms with Crippen molar-refractivity contribution in [2.45, 2.75) is 13.8 Å². The minimum absolute atomic E-state index is 1.55. The van der Waals surface area contributed by atoms with Crippen molar-refractivity contribution in [1.82, 2.24) is 0 Å². The molecule has 0 atom stereocenters. The summed E-state index contributed by atoms with van der Waals surface area (Å²) in [4.78, 5) is 0. The molecule has 0 nitrogen and oxygen atoms in total. The molecule has 0 saturated carbocycles. The van der Waals surface area contributed by atoms with Crippen LogP contribution in [0.15, 0.2) is 0 Å². The molecule has 6 heavy (non-hydrogen) atoms. The molecule has 0 aliphatic heterocycles. The third-order valence-electron chi connectivity index (χ3n) is 0.496. The van der Waals surface area contributed by atoms with E-state index in [1.807, 2.05) is 0 Å². The van der Waals surface area contributed by atoms with E-state index < -0.39 is 0 Å². The van der Waals surface area contributed by atoms with E-state index in [1.54, 1.807) is 46.5 Å². The van der Waals surface area contributed by atoms with E-state index in [9.17, 15) is 0 Å². The molecule has 34 valence electrons. The maximum absolute atomic E-state index is 2.18. The Hall–Kier alpha value is 1.12. The zero-order valence-electron chi connectivity index (χ0n) is 3.82. The Bertz CT molecular complexity index is 71.5. The molecule has 0 heterocycles. The summed E-state index contributed by atoms with van der Waals surface area (Å²) in [6.07, 6.45) is 0. The molecule has 0 saturated heterocycles. The van der Waals surface area contributed by atoms with Crippen molar-refractivity contribution in [1.29, 1.82) is 0 Å². The van der Waals surface area contributed by atoms with Crippen molar-refractivity contribution in [2.24, 2.45) is 0 Å². The maximum atomic E-state index is 2.18. The molecular weight excluding hydrogens is 416 g/mol. The summed E-state index contributed by atoms with van der Waals surface area (Å²) < 4.78 is 3.09. The first-order valence-electron chi connectivity index (χ1n) is 1.66. The Morgan fingerprint density at radius 1 is 1.00 bits per heavy atom. The summed E-state index contributed by atoms with van der Waals surface area (Å²) in [5, 5.41) is 0. The minimum atomic E-state index is 1.55. The van der Waals surface area contributed by atoms with E-state index in [0.717, 1.165) is 0 Å². The van der Waals surface area contributed by atoms with Gasteiger partial charge in [0.25, 0.3) is 0 Å². The predicted molar refractivity (Wildman–Crippen MR) is 21.4 cm³/mol.